The molecule has 0 radical (unpaired) electrons. The lowest BCUT2D eigenvalue weighted by molar-refractivity contribution is 0.324. The van der Waals surface area contributed by atoms with E-state index < -0.39 is 5.54 Å². The molecular formula is C14H17FN2S. The summed E-state index contributed by atoms with van der Waals surface area (Å²) in [5, 5.41) is 12.7. The van der Waals surface area contributed by atoms with Crippen LogP contribution in [-0.4, -0.2) is 17.0 Å². The molecule has 96 valence electrons. The summed E-state index contributed by atoms with van der Waals surface area (Å²) in [7, 11) is 0. The maximum atomic E-state index is 13.2. The van der Waals surface area contributed by atoms with E-state index >= 15 is 0 Å². The van der Waals surface area contributed by atoms with Gasteiger partial charge in [-0.1, -0.05) is 19.9 Å². The minimum Gasteiger partial charge on any atom is -0.367 e. The molecule has 18 heavy (non-hydrogen) atoms. The number of rotatable bonds is 2. The van der Waals surface area contributed by atoms with Gasteiger partial charge in [-0.05, 0) is 35.8 Å². The molecule has 0 saturated carbocycles. The predicted octanol–water partition coefficient (Wildman–Crippen LogP) is 3.66. The number of nitrogens with zero attached hydrogens (tertiary/aromatic N) is 1. The summed E-state index contributed by atoms with van der Waals surface area (Å²) in [5.41, 5.74) is 0.203. The second-order valence-electron chi connectivity index (χ2n) is 5.66. The minimum absolute atomic E-state index is 0.124. The van der Waals surface area contributed by atoms with E-state index in [0.29, 0.717) is 5.69 Å². The zero-order valence-corrected chi connectivity index (χ0v) is 11.5. The quantitative estimate of drug-likeness (QED) is 0.885. The van der Waals surface area contributed by atoms with Gasteiger partial charge in [0.15, 0.2) is 0 Å². The molecule has 1 aromatic carbocycles. The van der Waals surface area contributed by atoms with Gasteiger partial charge in [-0.15, -0.1) is 0 Å². The SMILES string of the molecule is CC1(C)CSCC(C#N)(Nc2cccc(F)c2)C1. The van der Waals surface area contributed by atoms with E-state index in [1.54, 1.807) is 23.9 Å². The summed E-state index contributed by atoms with van der Waals surface area (Å²) in [6.45, 7) is 4.33. The third kappa shape index (κ3) is 2.97. The van der Waals surface area contributed by atoms with E-state index in [1.807, 2.05) is 0 Å². The van der Waals surface area contributed by atoms with E-state index in [4.69, 9.17) is 0 Å². The van der Waals surface area contributed by atoms with Gasteiger partial charge < -0.3 is 5.32 Å². The summed E-state index contributed by atoms with van der Waals surface area (Å²) in [6.07, 6.45) is 0.778. The second-order valence-corrected chi connectivity index (χ2v) is 6.65. The molecule has 1 saturated heterocycles. The standard InChI is InChI=1S/C14H17FN2S/c1-13(2)7-14(8-16,10-18-9-13)17-12-5-3-4-11(15)6-12/h3-6,17H,7,9-10H2,1-2H3. The van der Waals surface area contributed by atoms with Crippen molar-refractivity contribution in [2.24, 2.45) is 5.41 Å². The highest BCUT2D eigenvalue weighted by Gasteiger charge is 2.40. The summed E-state index contributed by atoms with van der Waals surface area (Å²) in [6, 6.07) is 8.69. The van der Waals surface area contributed by atoms with Gasteiger partial charge in [0.25, 0.3) is 0 Å². The number of nitriles is 1. The van der Waals surface area contributed by atoms with Gasteiger partial charge in [0.2, 0.25) is 0 Å². The van der Waals surface area contributed by atoms with Crippen LogP contribution in [0.2, 0.25) is 0 Å². The largest absolute Gasteiger partial charge is 0.367 e. The lowest BCUT2D eigenvalue weighted by Crippen LogP contribution is -2.47. The van der Waals surface area contributed by atoms with Crippen LogP contribution in [-0.2, 0) is 0 Å². The molecule has 1 aliphatic rings. The number of anilines is 1. The molecular weight excluding hydrogens is 247 g/mol. The summed E-state index contributed by atoms with van der Waals surface area (Å²) < 4.78 is 13.2. The van der Waals surface area contributed by atoms with Gasteiger partial charge in [-0.2, -0.15) is 17.0 Å². The first-order valence-electron chi connectivity index (χ1n) is 5.98. The lowest BCUT2D eigenvalue weighted by Gasteiger charge is -2.41. The first-order valence-corrected chi connectivity index (χ1v) is 7.13. The first-order chi connectivity index (χ1) is 8.45. The van der Waals surface area contributed by atoms with Gasteiger partial charge in [0, 0.05) is 11.4 Å². The molecule has 2 rings (SSSR count). The minimum atomic E-state index is -0.597. The fourth-order valence-electron chi connectivity index (χ4n) is 2.44. The highest BCUT2D eigenvalue weighted by atomic mass is 32.2. The van der Waals surface area contributed by atoms with Gasteiger partial charge in [-0.25, -0.2) is 4.39 Å². The van der Waals surface area contributed by atoms with Crippen molar-refractivity contribution in [3.63, 3.8) is 0 Å². The van der Waals surface area contributed by atoms with Crippen LogP contribution in [0.15, 0.2) is 24.3 Å². The van der Waals surface area contributed by atoms with Crippen LogP contribution in [0, 0.1) is 22.6 Å². The molecule has 0 amide bonds. The molecule has 1 atom stereocenters. The number of hydrogen-bond donors (Lipinski definition) is 1. The summed E-state index contributed by atoms with van der Waals surface area (Å²) in [5.74, 6) is 1.51. The molecule has 0 aromatic heterocycles. The molecule has 0 spiro atoms. The maximum absolute atomic E-state index is 13.2. The molecule has 2 nitrogen and oxygen atoms in total. The van der Waals surface area contributed by atoms with Crippen LogP contribution in [0.1, 0.15) is 20.3 Å². The molecule has 0 bridgehead atoms. The van der Waals surface area contributed by atoms with Crippen LogP contribution in [0.25, 0.3) is 0 Å². The van der Waals surface area contributed by atoms with Crippen LogP contribution >= 0.6 is 11.8 Å². The Hall–Kier alpha value is -1.21. The summed E-state index contributed by atoms with van der Waals surface area (Å²) >= 11 is 1.78. The second kappa shape index (κ2) is 4.81. The predicted molar refractivity (Wildman–Crippen MR) is 74.1 cm³/mol. The number of nitrogens with one attached hydrogen (secondary N) is 1. The number of thioether (sulfide) groups is 1. The van der Waals surface area contributed by atoms with Crippen LogP contribution in [0.4, 0.5) is 10.1 Å². The van der Waals surface area contributed by atoms with E-state index in [2.05, 4.69) is 25.2 Å². The third-order valence-corrected chi connectivity index (χ3v) is 4.73. The van der Waals surface area contributed by atoms with Gasteiger partial charge in [-0.3, -0.25) is 0 Å². The Morgan fingerprint density at radius 2 is 2.17 bits per heavy atom. The molecule has 1 heterocycles. The molecule has 0 aliphatic carbocycles. The number of halogens is 1. The van der Waals surface area contributed by atoms with Crippen molar-refractivity contribution < 1.29 is 4.39 Å². The van der Waals surface area contributed by atoms with E-state index in [9.17, 15) is 9.65 Å². The fraction of sp³-hybridized carbons (Fsp3) is 0.500. The van der Waals surface area contributed by atoms with Crippen LogP contribution < -0.4 is 5.32 Å². The molecule has 1 unspecified atom stereocenters. The number of benzene rings is 1. The van der Waals surface area contributed by atoms with Crippen molar-refractivity contribution in [2.45, 2.75) is 25.8 Å². The monoisotopic (exact) mass is 264 g/mol. The zero-order chi connectivity index (χ0) is 13.2. The molecule has 1 N–H and O–H groups in total. The fourth-order valence-corrected chi connectivity index (χ4v) is 3.79. The average Bonchev–Trinajstić information content (AvgIpc) is 2.27. The molecule has 4 heteroatoms. The third-order valence-electron chi connectivity index (χ3n) is 3.04. The highest BCUT2D eigenvalue weighted by Crippen LogP contribution is 2.40. The molecule has 1 aromatic rings. The van der Waals surface area contributed by atoms with Crippen molar-refractivity contribution in [2.75, 3.05) is 16.8 Å². The Balaban J connectivity index is 2.21. The maximum Gasteiger partial charge on any atom is 0.135 e. The average molecular weight is 264 g/mol. The number of hydrogen-bond acceptors (Lipinski definition) is 3. The first kappa shape index (κ1) is 13.2. The van der Waals surface area contributed by atoms with Crippen molar-refractivity contribution in [3.8, 4) is 6.07 Å². The molecule has 1 aliphatic heterocycles. The van der Waals surface area contributed by atoms with Crippen LogP contribution in [0.3, 0.4) is 0 Å². The Morgan fingerprint density at radius 1 is 1.39 bits per heavy atom. The van der Waals surface area contributed by atoms with E-state index in [1.165, 1.54) is 12.1 Å². The zero-order valence-electron chi connectivity index (χ0n) is 10.7. The molecule has 1 fully saturated rings. The Labute approximate surface area is 112 Å². The Kier molecular flexibility index (Phi) is 3.54. The normalized spacial score (nSPS) is 26.3. The van der Waals surface area contributed by atoms with Crippen molar-refractivity contribution in [3.05, 3.63) is 30.1 Å². The van der Waals surface area contributed by atoms with Gasteiger partial charge >= 0.3 is 0 Å². The van der Waals surface area contributed by atoms with Crippen molar-refractivity contribution in [1.82, 2.24) is 0 Å². The van der Waals surface area contributed by atoms with Crippen LogP contribution in [0.5, 0.6) is 0 Å². The summed E-state index contributed by atoms with van der Waals surface area (Å²) in [4.78, 5) is 0. The van der Waals surface area contributed by atoms with Crippen molar-refractivity contribution >= 4 is 17.4 Å². The Bertz CT molecular complexity index is 481. The van der Waals surface area contributed by atoms with E-state index in [0.717, 1.165) is 17.9 Å². The van der Waals surface area contributed by atoms with Gasteiger partial charge in [0.05, 0.1) is 6.07 Å². The van der Waals surface area contributed by atoms with Crippen molar-refractivity contribution in [1.29, 1.82) is 5.26 Å². The Morgan fingerprint density at radius 3 is 2.78 bits per heavy atom. The van der Waals surface area contributed by atoms with Gasteiger partial charge in [0.1, 0.15) is 11.4 Å². The lowest BCUT2D eigenvalue weighted by atomic mass is 9.80. The topological polar surface area (TPSA) is 35.8 Å². The smallest absolute Gasteiger partial charge is 0.135 e. The van der Waals surface area contributed by atoms with E-state index in [-0.39, 0.29) is 11.2 Å². The highest BCUT2D eigenvalue weighted by molar-refractivity contribution is 7.99.